The molecule has 0 aromatic heterocycles. The SMILES string of the molecule is COc1ccc(C(C)=O)cc1COC(=O)CN1C(=O)NC2(CC(C)CC(C)(C)C2)C1=O. The normalized spacial score (nSPS) is 24.8. The van der Waals surface area contributed by atoms with Crippen LogP contribution in [-0.4, -0.2) is 47.8 Å². The fourth-order valence-electron chi connectivity index (χ4n) is 5.09. The second kappa shape index (κ2) is 8.32. The predicted molar refractivity (Wildman–Crippen MR) is 113 cm³/mol. The highest BCUT2D eigenvalue weighted by Crippen LogP contribution is 2.46. The van der Waals surface area contributed by atoms with Crippen LogP contribution in [0, 0.1) is 11.3 Å². The highest BCUT2D eigenvalue weighted by Gasteiger charge is 2.56. The summed E-state index contributed by atoms with van der Waals surface area (Å²) in [6.45, 7) is 7.09. The maximum atomic E-state index is 13.1. The summed E-state index contributed by atoms with van der Waals surface area (Å²) >= 11 is 0. The van der Waals surface area contributed by atoms with Crippen molar-refractivity contribution in [1.29, 1.82) is 0 Å². The Balaban J connectivity index is 1.67. The third-order valence-corrected chi connectivity index (χ3v) is 5.99. The summed E-state index contributed by atoms with van der Waals surface area (Å²) in [7, 11) is 1.48. The van der Waals surface area contributed by atoms with Gasteiger partial charge in [-0.15, -0.1) is 0 Å². The number of ketones is 1. The molecule has 1 aliphatic carbocycles. The Hall–Kier alpha value is -2.90. The Bertz CT molecular complexity index is 925. The summed E-state index contributed by atoms with van der Waals surface area (Å²) in [6, 6.07) is 4.30. The molecule has 2 atom stereocenters. The minimum absolute atomic E-state index is 0.0879. The molecule has 3 rings (SSSR count). The lowest BCUT2D eigenvalue weighted by atomic mass is 9.64. The van der Waals surface area contributed by atoms with Crippen LogP contribution in [0.25, 0.3) is 0 Å². The summed E-state index contributed by atoms with van der Waals surface area (Å²) in [5.74, 6) is -0.445. The molecule has 3 amide bonds. The Kier molecular flexibility index (Phi) is 6.11. The van der Waals surface area contributed by atoms with E-state index in [4.69, 9.17) is 9.47 Å². The molecular weight excluding hydrogens is 400 g/mol. The monoisotopic (exact) mass is 430 g/mol. The fraction of sp³-hybridized carbons (Fsp3) is 0.565. The maximum absolute atomic E-state index is 13.1. The Morgan fingerprint density at radius 2 is 1.94 bits per heavy atom. The number of hydrogen-bond acceptors (Lipinski definition) is 6. The zero-order chi connectivity index (χ0) is 23.0. The Morgan fingerprint density at radius 3 is 2.55 bits per heavy atom. The lowest BCUT2D eigenvalue weighted by Gasteiger charge is -2.43. The van der Waals surface area contributed by atoms with Gasteiger partial charge in [0.15, 0.2) is 5.78 Å². The number of carbonyl (C=O) groups excluding carboxylic acids is 4. The van der Waals surface area contributed by atoms with Crippen LogP contribution in [0.1, 0.15) is 62.9 Å². The molecule has 8 heteroatoms. The van der Waals surface area contributed by atoms with Crippen molar-refractivity contribution in [3.8, 4) is 5.75 Å². The number of ether oxygens (including phenoxy) is 2. The van der Waals surface area contributed by atoms with Crippen molar-refractivity contribution >= 4 is 23.7 Å². The minimum Gasteiger partial charge on any atom is -0.496 e. The molecule has 1 saturated carbocycles. The van der Waals surface area contributed by atoms with Gasteiger partial charge in [0.1, 0.15) is 24.4 Å². The lowest BCUT2D eigenvalue weighted by molar-refractivity contribution is -0.149. The molecule has 168 valence electrons. The molecule has 1 heterocycles. The number of benzene rings is 1. The molecule has 1 aromatic rings. The van der Waals surface area contributed by atoms with Crippen LogP contribution >= 0.6 is 0 Å². The maximum Gasteiger partial charge on any atom is 0.326 e. The molecular formula is C23H30N2O6. The van der Waals surface area contributed by atoms with Gasteiger partial charge in [0.25, 0.3) is 5.91 Å². The lowest BCUT2D eigenvalue weighted by Crippen LogP contribution is -2.54. The smallest absolute Gasteiger partial charge is 0.326 e. The van der Waals surface area contributed by atoms with E-state index in [1.54, 1.807) is 18.2 Å². The molecule has 2 unspecified atom stereocenters. The van der Waals surface area contributed by atoms with Crippen molar-refractivity contribution in [1.82, 2.24) is 10.2 Å². The average molecular weight is 431 g/mol. The van der Waals surface area contributed by atoms with E-state index in [-0.39, 0.29) is 29.6 Å². The third kappa shape index (κ3) is 4.73. The zero-order valence-electron chi connectivity index (χ0n) is 18.7. The number of rotatable bonds is 6. The van der Waals surface area contributed by atoms with Crippen molar-refractivity contribution in [3.05, 3.63) is 29.3 Å². The number of nitrogens with one attached hydrogen (secondary N) is 1. The highest BCUT2D eigenvalue weighted by molar-refractivity contribution is 6.08. The number of hydrogen-bond donors (Lipinski definition) is 1. The van der Waals surface area contributed by atoms with Crippen molar-refractivity contribution in [3.63, 3.8) is 0 Å². The number of methoxy groups -OCH3 is 1. The molecule has 1 spiro atoms. The largest absolute Gasteiger partial charge is 0.496 e. The quantitative estimate of drug-likeness (QED) is 0.423. The molecule has 1 N–H and O–H groups in total. The standard InChI is InChI=1S/C23H30N2O6/c1-14-9-22(3,4)13-23(10-14)20(28)25(21(29)24-23)11-19(27)31-12-17-8-16(15(2)26)6-7-18(17)30-5/h6-8,14H,9-13H2,1-5H3,(H,24,29). The van der Waals surface area contributed by atoms with E-state index in [1.165, 1.54) is 14.0 Å². The van der Waals surface area contributed by atoms with E-state index >= 15 is 0 Å². The number of nitrogens with zero attached hydrogens (tertiary/aromatic N) is 1. The number of amides is 3. The first-order valence-electron chi connectivity index (χ1n) is 10.4. The number of imide groups is 1. The number of Topliss-reactive ketones (excluding diaryl/α,β-unsaturated/α-hetero) is 1. The van der Waals surface area contributed by atoms with Gasteiger partial charge >= 0.3 is 12.0 Å². The van der Waals surface area contributed by atoms with Gasteiger partial charge in [-0.05, 0) is 55.7 Å². The second-order valence-corrected chi connectivity index (χ2v) is 9.50. The van der Waals surface area contributed by atoms with Gasteiger partial charge in [0.05, 0.1) is 7.11 Å². The molecule has 8 nitrogen and oxygen atoms in total. The number of esters is 1. The molecule has 2 fully saturated rings. The molecule has 2 aliphatic rings. The molecule has 1 aliphatic heterocycles. The van der Waals surface area contributed by atoms with E-state index in [0.717, 1.165) is 11.3 Å². The first kappa shape index (κ1) is 22.8. The van der Waals surface area contributed by atoms with Gasteiger partial charge in [-0.2, -0.15) is 0 Å². The van der Waals surface area contributed by atoms with Crippen LogP contribution in [0.3, 0.4) is 0 Å². The van der Waals surface area contributed by atoms with Gasteiger partial charge in [0, 0.05) is 11.1 Å². The van der Waals surface area contributed by atoms with Crippen molar-refractivity contribution in [2.75, 3.05) is 13.7 Å². The van der Waals surface area contributed by atoms with Crippen molar-refractivity contribution in [2.24, 2.45) is 11.3 Å². The predicted octanol–water partition coefficient (Wildman–Crippen LogP) is 3.08. The van der Waals surface area contributed by atoms with Crippen LogP contribution in [0.2, 0.25) is 0 Å². The van der Waals surface area contributed by atoms with E-state index in [2.05, 4.69) is 26.1 Å². The van der Waals surface area contributed by atoms with Crippen LogP contribution < -0.4 is 10.1 Å². The average Bonchev–Trinajstić information content (AvgIpc) is 2.87. The first-order chi connectivity index (χ1) is 14.5. The fourth-order valence-corrected chi connectivity index (χ4v) is 5.09. The van der Waals surface area contributed by atoms with Crippen molar-refractivity contribution < 1.29 is 28.7 Å². The van der Waals surface area contributed by atoms with E-state index in [9.17, 15) is 19.2 Å². The Morgan fingerprint density at radius 1 is 1.23 bits per heavy atom. The van der Waals surface area contributed by atoms with Gasteiger partial charge < -0.3 is 14.8 Å². The molecule has 1 aromatic carbocycles. The summed E-state index contributed by atoms with van der Waals surface area (Å²) in [6.07, 6.45) is 2.07. The summed E-state index contributed by atoms with van der Waals surface area (Å²) in [5, 5.41) is 2.84. The molecule has 0 bridgehead atoms. The van der Waals surface area contributed by atoms with E-state index < -0.39 is 24.1 Å². The number of carbonyl (C=O) groups is 4. The van der Waals surface area contributed by atoms with Crippen LogP contribution in [0.4, 0.5) is 4.79 Å². The summed E-state index contributed by atoms with van der Waals surface area (Å²) in [4.78, 5) is 50.7. The second-order valence-electron chi connectivity index (χ2n) is 9.50. The minimum atomic E-state index is -0.961. The topological polar surface area (TPSA) is 102 Å². The highest BCUT2D eigenvalue weighted by atomic mass is 16.5. The van der Waals surface area contributed by atoms with E-state index in [0.29, 0.717) is 29.7 Å². The number of urea groups is 1. The van der Waals surface area contributed by atoms with Gasteiger partial charge in [-0.3, -0.25) is 19.3 Å². The molecule has 0 radical (unpaired) electrons. The first-order valence-corrected chi connectivity index (χ1v) is 10.4. The summed E-state index contributed by atoms with van der Waals surface area (Å²) in [5.41, 5.74) is -0.0514. The molecule has 1 saturated heterocycles. The summed E-state index contributed by atoms with van der Waals surface area (Å²) < 4.78 is 10.6. The van der Waals surface area contributed by atoms with Gasteiger partial charge in [-0.25, -0.2) is 4.79 Å². The van der Waals surface area contributed by atoms with Crippen molar-refractivity contribution in [2.45, 2.75) is 59.1 Å². The zero-order valence-corrected chi connectivity index (χ0v) is 18.7. The van der Waals surface area contributed by atoms with Gasteiger partial charge in [-0.1, -0.05) is 20.8 Å². The van der Waals surface area contributed by atoms with Gasteiger partial charge in [0.2, 0.25) is 0 Å². The third-order valence-electron chi connectivity index (χ3n) is 5.99. The molecule has 31 heavy (non-hydrogen) atoms. The van der Waals surface area contributed by atoms with Crippen LogP contribution in [-0.2, 0) is 20.9 Å². The Labute approximate surface area is 182 Å². The van der Waals surface area contributed by atoms with Crippen LogP contribution in [0.15, 0.2) is 18.2 Å². The van der Waals surface area contributed by atoms with E-state index in [1.807, 2.05) is 0 Å². The van der Waals surface area contributed by atoms with Crippen LogP contribution in [0.5, 0.6) is 5.75 Å².